The Hall–Kier alpha value is -0.570. The Morgan fingerprint density at radius 2 is 1.67 bits per heavy atom. The molecule has 1 saturated heterocycles. The largest absolute Gasteiger partial charge is 0.341 e. The molecular formula is C18H32N2O. The van der Waals surface area contributed by atoms with Gasteiger partial charge in [-0.15, -0.1) is 0 Å². The zero-order valence-corrected chi connectivity index (χ0v) is 13.7. The van der Waals surface area contributed by atoms with Crippen LogP contribution in [-0.4, -0.2) is 29.4 Å². The van der Waals surface area contributed by atoms with Gasteiger partial charge < -0.3 is 10.6 Å². The van der Waals surface area contributed by atoms with Gasteiger partial charge in [0.15, 0.2) is 0 Å². The van der Waals surface area contributed by atoms with Crippen molar-refractivity contribution in [2.24, 2.45) is 17.1 Å². The summed E-state index contributed by atoms with van der Waals surface area (Å²) >= 11 is 0. The molecule has 0 aromatic rings. The highest BCUT2D eigenvalue weighted by Gasteiger charge is 2.43. The van der Waals surface area contributed by atoms with Crippen LogP contribution >= 0.6 is 0 Å². The minimum absolute atomic E-state index is 0.250. The fraction of sp³-hybridized carbons (Fsp3) is 0.944. The molecule has 3 nitrogen and oxygen atoms in total. The number of nitrogens with zero attached hydrogens (tertiary/aromatic N) is 1. The van der Waals surface area contributed by atoms with Gasteiger partial charge in [-0.25, -0.2) is 0 Å². The molecular weight excluding hydrogens is 260 g/mol. The molecule has 1 amide bonds. The van der Waals surface area contributed by atoms with Crippen molar-refractivity contribution >= 4 is 5.91 Å². The second kappa shape index (κ2) is 5.91. The van der Waals surface area contributed by atoms with Crippen molar-refractivity contribution < 1.29 is 4.79 Å². The first-order chi connectivity index (χ1) is 10.0. The van der Waals surface area contributed by atoms with Gasteiger partial charge >= 0.3 is 0 Å². The molecule has 3 fully saturated rings. The normalized spacial score (nSPS) is 36.7. The number of amides is 1. The highest BCUT2D eigenvalue weighted by molar-refractivity contribution is 5.86. The Bertz CT molecular complexity index is 379. The summed E-state index contributed by atoms with van der Waals surface area (Å²) in [6, 6.07) is 0. The van der Waals surface area contributed by atoms with Crippen LogP contribution in [0.1, 0.15) is 77.6 Å². The van der Waals surface area contributed by atoms with Gasteiger partial charge in [0.05, 0.1) is 5.54 Å². The zero-order valence-electron chi connectivity index (χ0n) is 13.7. The van der Waals surface area contributed by atoms with E-state index in [0.717, 1.165) is 32.4 Å². The second-order valence-corrected chi connectivity index (χ2v) is 8.21. The van der Waals surface area contributed by atoms with E-state index >= 15 is 0 Å². The Balaban J connectivity index is 1.59. The second-order valence-electron chi connectivity index (χ2n) is 8.21. The molecule has 0 bridgehead atoms. The van der Waals surface area contributed by atoms with E-state index in [1.807, 2.05) is 0 Å². The Morgan fingerprint density at radius 1 is 1.00 bits per heavy atom. The maximum Gasteiger partial charge on any atom is 0.242 e. The summed E-state index contributed by atoms with van der Waals surface area (Å²) in [6.45, 7) is 4.14. The van der Waals surface area contributed by atoms with E-state index in [9.17, 15) is 4.79 Å². The number of hydrogen-bond acceptors (Lipinski definition) is 2. The summed E-state index contributed by atoms with van der Waals surface area (Å²) in [5, 5.41) is 0. The van der Waals surface area contributed by atoms with E-state index in [0.29, 0.717) is 11.3 Å². The van der Waals surface area contributed by atoms with Crippen molar-refractivity contribution in [3.8, 4) is 0 Å². The van der Waals surface area contributed by atoms with Gasteiger partial charge in [-0.1, -0.05) is 39.0 Å². The van der Waals surface area contributed by atoms with E-state index in [-0.39, 0.29) is 5.91 Å². The number of likely N-dealkylation sites (tertiary alicyclic amines) is 1. The van der Waals surface area contributed by atoms with Gasteiger partial charge in [-0.3, -0.25) is 4.79 Å². The standard InChI is InChI=1S/C18H32N2O/c1-15-6-5-9-18(19,14-15)16(21)20-12-10-17(11-13-20)7-3-2-4-8-17/h15H,2-14,19H2,1H3. The smallest absolute Gasteiger partial charge is 0.242 e. The van der Waals surface area contributed by atoms with E-state index in [2.05, 4.69) is 11.8 Å². The lowest BCUT2D eigenvalue weighted by molar-refractivity contribution is -0.141. The molecule has 1 spiro atoms. The van der Waals surface area contributed by atoms with Crippen LogP contribution in [0.2, 0.25) is 0 Å². The molecule has 3 aliphatic rings. The van der Waals surface area contributed by atoms with Crippen LogP contribution in [0.4, 0.5) is 0 Å². The fourth-order valence-corrected chi connectivity index (χ4v) is 5.09. The molecule has 2 atom stereocenters. The van der Waals surface area contributed by atoms with E-state index < -0.39 is 5.54 Å². The van der Waals surface area contributed by atoms with Crippen molar-refractivity contribution in [3.05, 3.63) is 0 Å². The van der Waals surface area contributed by atoms with Crippen LogP contribution in [0, 0.1) is 11.3 Å². The maximum absolute atomic E-state index is 12.9. The number of carbonyl (C=O) groups is 1. The van der Waals surface area contributed by atoms with Crippen LogP contribution in [0.5, 0.6) is 0 Å². The summed E-state index contributed by atoms with van der Waals surface area (Å²) in [4.78, 5) is 15.0. The lowest BCUT2D eigenvalue weighted by atomic mass is 9.67. The SMILES string of the molecule is CC1CCCC(N)(C(=O)N2CCC3(CCCCC3)CC2)C1. The minimum atomic E-state index is -0.561. The van der Waals surface area contributed by atoms with Gasteiger partial charge in [-0.2, -0.15) is 0 Å². The molecule has 2 aliphatic carbocycles. The molecule has 2 saturated carbocycles. The molecule has 21 heavy (non-hydrogen) atoms. The average molecular weight is 292 g/mol. The Kier molecular flexibility index (Phi) is 4.31. The Labute approximate surface area is 129 Å². The number of rotatable bonds is 1. The first kappa shape index (κ1) is 15.3. The minimum Gasteiger partial charge on any atom is -0.341 e. The zero-order chi connectivity index (χ0) is 14.9. The van der Waals surface area contributed by atoms with Crippen molar-refractivity contribution in [3.63, 3.8) is 0 Å². The first-order valence-corrected chi connectivity index (χ1v) is 9.11. The molecule has 3 rings (SSSR count). The fourth-order valence-electron chi connectivity index (χ4n) is 5.09. The van der Waals surface area contributed by atoms with Gasteiger partial charge in [0.2, 0.25) is 5.91 Å². The summed E-state index contributed by atoms with van der Waals surface area (Å²) in [7, 11) is 0. The monoisotopic (exact) mass is 292 g/mol. The number of hydrogen-bond donors (Lipinski definition) is 1. The third-order valence-corrected chi connectivity index (χ3v) is 6.48. The molecule has 3 heteroatoms. The summed E-state index contributed by atoms with van der Waals surface area (Å²) in [6.07, 6.45) is 13.5. The third kappa shape index (κ3) is 3.13. The first-order valence-electron chi connectivity index (χ1n) is 9.11. The van der Waals surface area contributed by atoms with Gasteiger partial charge in [-0.05, 0) is 49.9 Å². The molecule has 1 aliphatic heterocycles. The molecule has 2 unspecified atom stereocenters. The predicted octanol–water partition coefficient (Wildman–Crippen LogP) is 3.47. The topological polar surface area (TPSA) is 46.3 Å². The highest BCUT2D eigenvalue weighted by atomic mass is 16.2. The van der Waals surface area contributed by atoms with Gasteiger partial charge in [0, 0.05) is 13.1 Å². The van der Waals surface area contributed by atoms with Crippen LogP contribution < -0.4 is 5.73 Å². The average Bonchev–Trinajstić information content (AvgIpc) is 2.48. The van der Waals surface area contributed by atoms with Crippen molar-refractivity contribution in [2.45, 2.75) is 83.1 Å². The number of piperidine rings is 1. The van der Waals surface area contributed by atoms with Crippen molar-refractivity contribution in [1.82, 2.24) is 4.90 Å². The third-order valence-electron chi connectivity index (χ3n) is 6.48. The quantitative estimate of drug-likeness (QED) is 0.804. The van der Waals surface area contributed by atoms with Gasteiger partial charge in [0.1, 0.15) is 0 Å². The molecule has 1 heterocycles. The van der Waals surface area contributed by atoms with E-state index in [1.165, 1.54) is 51.4 Å². The Morgan fingerprint density at radius 3 is 2.29 bits per heavy atom. The van der Waals surface area contributed by atoms with Crippen molar-refractivity contribution in [2.75, 3.05) is 13.1 Å². The number of carbonyl (C=O) groups excluding carboxylic acids is 1. The molecule has 0 aromatic carbocycles. The predicted molar refractivity (Wildman–Crippen MR) is 85.9 cm³/mol. The van der Waals surface area contributed by atoms with Crippen LogP contribution in [-0.2, 0) is 4.79 Å². The van der Waals surface area contributed by atoms with Crippen LogP contribution in [0.15, 0.2) is 0 Å². The summed E-state index contributed by atoms with van der Waals surface area (Å²) in [5.41, 5.74) is 6.51. The molecule has 120 valence electrons. The highest BCUT2D eigenvalue weighted by Crippen LogP contribution is 2.45. The number of nitrogens with two attached hydrogens (primary N) is 1. The molecule has 2 N–H and O–H groups in total. The molecule has 0 radical (unpaired) electrons. The molecule has 0 aromatic heterocycles. The lowest BCUT2D eigenvalue weighted by Crippen LogP contribution is -2.59. The van der Waals surface area contributed by atoms with Crippen LogP contribution in [0.3, 0.4) is 0 Å². The van der Waals surface area contributed by atoms with E-state index in [1.54, 1.807) is 0 Å². The van der Waals surface area contributed by atoms with E-state index in [4.69, 9.17) is 5.73 Å². The van der Waals surface area contributed by atoms with Crippen molar-refractivity contribution in [1.29, 1.82) is 0 Å². The summed E-state index contributed by atoms with van der Waals surface area (Å²) in [5.74, 6) is 0.849. The lowest BCUT2D eigenvalue weighted by Gasteiger charge is -2.47. The van der Waals surface area contributed by atoms with Crippen LogP contribution in [0.25, 0.3) is 0 Å². The maximum atomic E-state index is 12.9. The van der Waals surface area contributed by atoms with Gasteiger partial charge in [0.25, 0.3) is 0 Å². The summed E-state index contributed by atoms with van der Waals surface area (Å²) < 4.78 is 0.